The maximum absolute atomic E-state index is 11.9. The Hall–Kier alpha value is -0.360. The molecule has 0 aromatic heterocycles. The molecule has 0 bridgehead atoms. The standard InChI is InChI=1S/C16H29NO4.ClH/c1-3-4-5-13-11(2)21-16(18)14(17)9-19-10-15(13)20-8-12-6-7-12;/h11-15H,3-10,17H2,1-2H3;1H/t11-,13-,14-,15-;/m0./s1. The van der Waals surface area contributed by atoms with Gasteiger partial charge in [0.05, 0.1) is 19.3 Å². The fraction of sp³-hybridized carbons (Fsp3) is 0.938. The van der Waals surface area contributed by atoms with Crippen LogP contribution >= 0.6 is 12.4 Å². The lowest BCUT2D eigenvalue weighted by Crippen LogP contribution is -2.39. The van der Waals surface area contributed by atoms with Crippen molar-refractivity contribution in [3.8, 4) is 0 Å². The van der Waals surface area contributed by atoms with Crippen molar-refractivity contribution in [3.63, 3.8) is 0 Å². The minimum Gasteiger partial charge on any atom is -0.461 e. The Bertz CT molecular complexity index is 338. The zero-order valence-corrected chi connectivity index (χ0v) is 14.5. The Labute approximate surface area is 139 Å². The summed E-state index contributed by atoms with van der Waals surface area (Å²) in [5.74, 6) is 0.523. The van der Waals surface area contributed by atoms with E-state index in [1.165, 1.54) is 12.8 Å². The molecule has 22 heavy (non-hydrogen) atoms. The van der Waals surface area contributed by atoms with E-state index in [0.717, 1.165) is 25.9 Å². The van der Waals surface area contributed by atoms with Crippen molar-refractivity contribution in [2.75, 3.05) is 19.8 Å². The molecule has 0 aromatic carbocycles. The molecule has 0 unspecified atom stereocenters. The van der Waals surface area contributed by atoms with Gasteiger partial charge in [-0.2, -0.15) is 0 Å². The highest BCUT2D eigenvalue weighted by Crippen LogP contribution is 2.31. The summed E-state index contributed by atoms with van der Waals surface area (Å²) in [6, 6.07) is -0.693. The van der Waals surface area contributed by atoms with E-state index in [0.29, 0.717) is 12.5 Å². The highest BCUT2D eigenvalue weighted by atomic mass is 35.5. The molecule has 2 aliphatic rings. The molecule has 1 heterocycles. The Morgan fingerprint density at radius 1 is 1.32 bits per heavy atom. The second kappa shape index (κ2) is 9.71. The highest BCUT2D eigenvalue weighted by Gasteiger charge is 2.34. The molecular weight excluding hydrogens is 306 g/mol. The van der Waals surface area contributed by atoms with E-state index in [1.807, 2.05) is 6.92 Å². The van der Waals surface area contributed by atoms with Gasteiger partial charge in [-0.25, -0.2) is 0 Å². The van der Waals surface area contributed by atoms with Gasteiger partial charge in [-0.15, -0.1) is 12.4 Å². The minimum atomic E-state index is -0.693. The third-order valence-corrected chi connectivity index (χ3v) is 4.40. The molecule has 1 saturated carbocycles. The molecule has 1 aliphatic heterocycles. The summed E-state index contributed by atoms with van der Waals surface area (Å²) in [5.41, 5.74) is 5.76. The molecule has 0 amide bonds. The first-order chi connectivity index (χ1) is 10.1. The molecule has 0 aromatic rings. The van der Waals surface area contributed by atoms with Crippen LogP contribution in [0.25, 0.3) is 0 Å². The van der Waals surface area contributed by atoms with Gasteiger partial charge < -0.3 is 19.9 Å². The predicted molar refractivity (Wildman–Crippen MR) is 87.1 cm³/mol. The van der Waals surface area contributed by atoms with Gasteiger partial charge in [-0.3, -0.25) is 4.79 Å². The second-order valence-electron chi connectivity index (χ2n) is 6.41. The average Bonchev–Trinajstić information content (AvgIpc) is 3.27. The highest BCUT2D eigenvalue weighted by molar-refractivity contribution is 5.85. The SMILES string of the molecule is CCCC[C@H]1[C@H](C)OC(=O)[C@@H](N)COC[C@@H]1OCC1CC1.Cl. The molecule has 130 valence electrons. The molecule has 0 spiro atoms. The first-order valence-corrected chi connectivity index (χ1v) is 8.27. The van der Waals surface area contributed by atoms with Gasteiger partial charge in [0.1, 0.15) is 12.1 Å². The van der Waals surface area contributed by atoms with E-state index in [2.05, 4.69) is 6.92 Å². The Balaban J connectivity index is 0.00000242. The Morgan fingerprint density at radius 3 is 2.68 bits per heavy atom. The number of hydrogen-bond donors (Lipinski definition) is 1. The molecule has 6 heteroatoms. The van der Waals surface area contributed by atoms with Crippen LogP contribution in [0.4, 0.5) is 0 Å². The van der Waals surface area contributed by atoms with Crippen molar-refractivity contribution >= 4 is 18.4 Å². The summed E-state index contributed by atoms with van der Waals surface area (Å²) in [6.07, 6.45) is 5.55. The van der Waals surface area contributed by atoms with E-state index in [4.69, 9.17) is 19.9 Å². The number of carbonyl (C=O) groups is 1. The number of cyclic esters (lactones) is 1. The van der Waals surface area contributed by atoms with Gasteiger partial charge in [0, 0.05) is 12.5 Å². The van der Waals surface area contributed by atoms with Crippen molar-refractivity contribution < 1.29 is 19.0 Å². The van der Waals surface area contributed by atoms with Gasteiger partial charge in [-0.05, 0) is 32.1 Å². The number of hydrogen-bond acceptors (Lipinski definition) is 5. The lowest BCUT2D eigenvalue weighted by molar-refractivity contribution is -0.154. The van der Waals surface area contributed by atoms with Crippen LogP contribution in [0.3, 0.4) is 0 Å². The molecule has 1 saturated heterocycles. The molecule has 2 rings (SSSR count). The first-order valence-electron chi connectivity index (χ1n) is 8.27. The Morgan fingerprint density at radius 2 is 2.05 bits per heavy atom. The van der Waals surface area contributed by atoms with Crippen LogP contribution in [0.1, 0.15) is 46.0 Å². The fourth-order valence-corrected chi connectivity index (χ4v) is 2.74. The van der Waals surface area contributed by atoms with E-state index in [-0.39, 0.29) is 43.1 Å². The third kappa shape index (κ3) is 6.03. The normalized spacial score (nSPS) is 33.1. The third-order valence-electron chi connectivity index (χ3n) is 4.40. The predicted octanol–water partition coefficient (Wildman–Crippen LogP) is 2.30. The number of esters is 1. The summed E-state index contributed by atoms with van der Waals surface area (Å²) < 4.78 is 17.2. The fourth-order valence-electron chi connectivity index (χ4n) is 2.74. The topological polar surface area (TPSA) is 70.8 Å². The van der Waals surface area contributed by atoms with E-state index < -0.39 is 6.04 Å². The summed E-state index contributed by atoms with van der Waals surface area (Å²) in [7, 11) is 0. The van der Waals surface area contributed by atoms with Crippen LogP contribution in [0, 0.1) is 11.8 Å². The van der Waals surface area contributed by atoms with E-state index in [9.17, 15) is 4.79 Å². The summed E-state index contributed by atoms with van der Waals surface area (Å²) in [4.78, 5) is 11.9. The largest absolute Gasteiger partial charge is 0.461 e. The lowest BCUT2D eigenvalue weighted by Gasteiger charge is -2.30. The number of carbonyl (C=O) groups excluding carboxylic acids is 1. The van der Waals surface area contributed by atoms with Crippen molar-refractivity contribution in [2.45, 2.75) is 64.2 Å². The van der Waals surface area contributed by atoms with Crippen LogP contribution < -0.4 is 5.73 Å². The Kier molecular flexibility index (Phi) is 8.69. The smallest absolute Gasteiger partial charge is 0.325 e. The molecule has 4 atom stereocenters. The second-order valence-corrected chi connectivity index (χ2v) is 6.41. The maximum Gasteiger partial charge on any atom is 0.325 e. The van der Waals surface area contributed by atoms with Crippen molar-refractivity contribution in [1.29, 1.82) is 0 Å². The minimum absolute atomic E-state index is 0. The summed E-state index contributed by atoms with van der Waals surface area (Å²) in [5, 5.41) is 0. The van der Waals surface area contributed by atoms with Gasteiger partial charge in [0.25, 0.3) is 0 Å². The molecule has 2 N–H and O–H groups in total. The molecule has 5 nitrogen and oxygen atoms in total. The molecule has 2 fully saturated rings. The van der Waals surface area contributed by atoms with Gasteiger partial charge >= 0.3 is 5.97 Å². The van der Waals surface area contributed by atoms with E-state index in [1.54, 1.807) is 0 Å². The number of nitrogens with two attached hydrogens (primary N) is 1. The molecular formula is C16H30ClNO4. The monoisotopic (exact) mass is 335 g/mol. The quantitative estimate of drug-likeness (QED) is 0.754. The van der Waals surface area contributed by atoms with Gasteiger partial charge in [-0.1, -0.05) is 19.8 Å². The molecule has 0 radical (unpaired) electrons. The summed E-state index contributed by atoms with van der Waals surface area (Å²) >= 11 is 0. The van der Waals surface area contributed by atoms with E-state index >= 15 is 0 Å². The van der Waals surface area contributed by atoms with Gasteiger partial charge in [0.2, 0.25) is 0 Å². The molecule has 1 aliphatic carbocycles. The lowest BCUT2D eigenvalue weighted by atomic mass is 9.91. The van der Waals surface area contributed by atoms with Crippen LogP contribution in [0.2, 0.25) is 0 Å². The zero-order chi connectivity index (χ0) is 15.2. The number of unbranched alkanes of at least 4 members (excludes halogenated alkanes) is 1. The maximum atomic E-state index is 11.9. The number of halogens is 1. The van der Waals surface area contributed by atoms with Crippen molar-refractivity contribution in [3.05, 3.63) is 0 Å². The van der Waals surface area contributed by atoms with Gasteiger partial charge in [0.15, 0.2) is 0 Å². The van der Waals surface area contributed by atoms with Crippen LogP contribution in [-0.2, 0) is 19.0 Å². The number of rotatable bonds is 6. The van der Waals surface area contributed by atoms with Crippen molar-refractivity contribution in [2.24, 2.45) is 17.6 Å². The first kappa shape index (κ1) is 19.7. The number of ether oxygens (including phenoxy) is 3. The summed E-state index contributed by atoms with van der Waals surface area (Å²) in [6.45, 7) is 5.61. The average molecular weight is 336 g/mol. The van der Waals surface area contributed by atoms with Crippen molar-refractivity contribution in [1.82, 2.24) is 0 Å². The van der Waals surface area contributed by atoms with Crippen LogP contribution in [-0.4, -0.2) is 44.0 Å². The van der Waals surface area contributed by atoms with Crippen LogP contribution in [0.5, 0.6) is 0 Å². The zero-order valence-electron chi connectivity index (χ0n) is 13.7. The van der Waals surface area contributed by atoms with Crippen LogP contribution in [0.15, 0.2) is 0 Å².